The summed E-state index contributed by atoms with van der Waals surface area (Å²) in [5.41, 5.74) is 0.0634. The van der Waals surface area contributed by atoms with Crippen molar-refractivity contribution in [1.82, 2.24) is 16.0 Å². The van der Waals surface area contributed by atoms with E-state index in [-0.39, 0.29) is 18.3 Å². The number of benzene rings is 1. The number of nitrogens with one attached hydrogen (secondary N) is 3. The van der Waals surface area contributed by atoms with Gasteiger partial charge in [-0.15, -0.1) is 0 Å². The molecule has 1 aromatic rings. The summed E-state index contributed by atoms with van der Waals surface area (Å²) >= 11 is 0. The maximum Gasteiger partial charge on any atom is 0.408 e. The molecule has 0 aliphatic heterocycles. The molecule has 3 amide bonds. The van der Waals surface area contributed by atoms with Gasteiger partial charge in [-0.25, -0.2) is 9.59 Å². The van der Waals surface area contributed by atoms with Crippen molar-refractivity contribution >= 4 is 23.9 Å². The Morgan fingerprint density at radius 1 is 0.927 bits per heavy atom. The van der Waals surface area contributed by atoms with Crippen LogP contribution in [0.15, 0.2) is 30.3 Å². The molecule has 0 heterocycles. The first-order valence-corrected chi connectivity index (χ1v) is 14.7. The van der Waals surface area contributed by atoms with Gasteiger partial charge in [0.15, 0.2) is 6.10 Å². The Bertz CT molecular complexity index is 987. The molecule has 1 aliphatic rings. The molecule has 230 valence electrons. The number of hydrogen-bond donors (Lipinski definition) is 4. The zero-order valence-corrected chi connectivity index (χ0v) is 25.4. The van der Waals surface area contributed by atoms with E-state index < -0.39 is 53.7 Å². The molecular weight excluding hydrogens is 526 g/mol. The minimum atomic E-state index is -1.53. The van der Waals surface area contributed by atoms with Crippen LogP contribution in [-0.4, -0.2) is 65.9 Å². The molecule has 0 radical (unpaired) electrons. The second kappa shape index (κ2) is 16.3. The summed E-state index contributed by atoms with van der Waals surface area (Å²) in [7, 11) is 1.19. The number of hydrogen-bond acceptors (Lipinski definition) is 7. The normalized spacial score (nSPS) is 17.1. The molecule has 1 fully saturated rings. The highest BCUT2D eigenvalue weighted by Gasteiger charge is 2.35. The highest BCUT2D eigenvalue weighted by molar-refractivity contribution is 5.92. The Morgan fingerprint density at radius 3 is 2.10 bits per heavy atom. The molecule has 2 unspecified atom stereocenters. The third-order valence-corrected chi connectivity index (χ3v) is 7.09. The van der Waals surface area contributed by atoms with Crippen LogP contribution in [0, 0.1) is 11.8 Å². The SMILES string of the molecule is COC(=O)C(O)C(CC1CCCCC1)NC(=O)[C@H](CC(C)C)NC(=O)[C@H](Cc1ccccc1)NC(=O)OC(C)(C)C. The van der Waals surface area contributed by atoms with E-state index in [4.69, 9.17) is 9.47 Å². The van der Waals surface area contributed by atoms with E-state index in [1.54, 1.807) is 20.8 Å². The number of aliphatic hydroxyl groups is 1. The van der Waals surface area contributed by atoms with E-state index in [0.717, 1.165) is 37.7 Å². The average Bonchev–Trinajstić information content (AvgIpc) is 2.90. The van der Waals surface area contributed by atoms with Crippen LogP contribution >= 0.6 is 0 Å². The largest absolute Gasteiger partial charge is 0.467 e. The Kier molecular flexibility index (Phi) is 13.6. The fourth-order valence-corrected chi connectivity index (χ4v) is 5.10. The van der Waals surface area contributed by atoms with E-state index in [1.807, 2.05) is 44.2 Å². The van der Waals surface area contributed by atoms with Gasteiger partial charge in [0.2, 0.25) is 11.8 Å². The molecule has 41 heavy (non-hydrogen) atoms. The zero-order chi connectivity index (χ0) is 30.6. The van der Waals surface area contributed by atoms with Crippen LogP contribution in [0.3, 0.4) is 0 Å². The molecule has 1 saturated carbocycles. The van der Waals surface area contributed by atoms with Gasteiger partial charge in [-0.2, -0.15) is 0 Å². The molecule has 0 saturated heterocycles. The molecule has 0 aromatic heterocycles. The summed E-state index contributed by atoms with van der Waals surface area (Å²) in [6.45, 7) is 9.04. The van der Waals surface area contributed by atoms with E-state index in [1.165, 1.54) is 7.11 Å². The van der Waals surface area contributed by atoms with Gasteiger partial charge in [0.25, 0.3) is 0 Å². The number of carbonyl (C=O) groups is 4. The number of methoxy groups -OCH3 is 1. The maximum absolute atomic E-state index is 13.6. The molecule has 4 N–H and O–H groups in total. The van der Waals surface area contributed by atoms with Crippen molar-refractivity contribution in [3.8, 4) is 0 Å². The summed E-state index contributed by atoms with van der Waals surface area (Å²) in [5.74, 6) is -1.57. The smallest absolute Gasteiger partial charge is 0.408 e. The number of rotatable bonds is 13. The van der Waals surface area contributed by atoms with Crippen LogP contribution < -0.4 is 16.0 Å². The molecule has 4 atom stereocenters. The van der Waals surface area contributed by atoms with E-state index in [9.17, 15) is 24.3 Å². The Balaban J connectivity index is 2.23. The van der Waals surface area contributed by atoms with Crippen LogP contribution in [0.1, 0.15) is 85.1 Å². The van der Waals surface area contributed by atoms with Crippen LogP contribution in [-0.2, 0) is 30.3 Å². The second-order valence-corrected chi connectivity index (χ2v) is 12.4. The van der Waals surface area contributed by atoms with Gasteiger partial charge >= 0.3 is 12.1 Å². The highest BCUT2D eigenvalue weighted by Crippen LogP contribution is 2.28. The predicted octanol–water partition coefficient (Wildman–Crippen LogP) is 3.64. The first-order chi connectivity index (χ1) is 19.3. The third-order valence-electron chi connectivity index (χ3n) is 7.09. The summed E-state index contributed by atoms with van der Waals surface area (Å²) in [6.07, 6.45) is 3.87. The van der Waals surface area contributed by atoms with Crippen molar-refractivity contribution < 1.29 is 33.8 Å². The summed E-state index contributed by atoms with van der Waals surface area (Å²) in [4.78, 5) is 51.9. The lowest BCUT2D eigenvalue weighted by Crippen LogP contribution is -2.58. The Morgan fingerprint density at radius 2 is 1.54 bits per heavy atom. The van der Waals surface area contributed by atoms with Crippen LogP contribution in [0.25, 0.3) is 0 Å². The van der Waals surface area contributed by atoms with Crippen molar-refractivity contribution in [2.45, 2.75) is 116 Å². The lowest BCUT2D eigenvalue weighted by Gasteiger charge is -2.31. The lowest BCUT2D eigenvalue weighted by atomic mass is 9.83. The van der Waals surface area contributed by atoms with Crippen LogP contribution in [0.5, 0.6) is 0 Å². The maximum atomic E-state index is 13.6. The summed E-state index contributed by atoms with van der Waals surface area (Å²) in [5, 5.41) is 19.0. The highest BCUT2D eigenvalue weighted by atomic mass is 16.6. The van der Waals surface area contributed by atoms with Gasteiger partial charge in [-0.3, -0.25) is 9.59 Å². The van der Waals surface area contributed by atoms with Crippen LogP contribution in [0.2, 0.25) is 0 Å². The number of esters is 1. The molecule has 10 heteroatoms. The van der Waals surface area contributed by atoms with Crippen molar-refractivity contribution in [2.24, 2.45) is 11.8 Å². The molecule has 0 bridgehead atoms. The first-order valence-electron chi connectivity index (χ1n) is 14.7. The van der Waals surface area contributed by atoms with E-state index in [2.05, 4.69) is 16.0 Å². The van der Waals surface area contributed by atoms with Crippen molar-refractivity contribution in [3.63, 3.8) is 0 Å². The molecule has 0 spiro atoms. The van der Waals surface area contributed by atoms with Crippen LogP contribution in [0.4, 0.5) is 4.79 Å². The first kappa shape index (κ1) is 34.1. The van der Waals surface area contributed by atoms with Crippen molar-refractivity contribution in [2.75, 3.05) is 7.11 Å². The lowest BCUT2D eigenvalue weighted by molar-refractivity contribution is -0.153. The average molecular weight is 576 g/mol. The molecule has 1 aliphatic carbocycles. The number of alkyl carbamates (subject to hydrolysis) is 1. The number of aliphatic hydroxyl groups excluding tert-OH is 1. The summed E-state index contributed by atoms with van der Waals surface area (Å²) in [6, 6.07) is 6.41. The van der Waals surface area contributed by atoms with Gasteiger partial charge < -0.3 is 30.5 Å². The van der Waals surface area contributed by atoms with Gasteiger partial charge in [0.05, 0.1) is 13.2 Å². The Hall–Kier alpha value is -3.14. The number of amides is 3. The second-order valence-electron chi connectivity index (χ2n) is 12.4. The fourth-order valence-electron chi connectivity index (χ4n) is 5.10. The van der Waals surface area contributed by atoms with Gasteiger partial charge in [0.1, 0.15) is 17.7 Å². The summed E-state index contributed by atoms with van der Waals surface area (Å²) < 4.78 is 10.1. The fraction of sp³-hybridized carbons (Fsp3) is 0.677. The monoisotopic (exact) mass is 575 g/mol. The number of carbonyl (C=O) groups excluding carboxylic acids is 4. The van der Waals surface area contributed by atoms with Crippen molar-refractivity contribution in [1.29, 1.82) is 0 Å². The van der Waals surface area contributed by atoms with Gasteiger partial charge in [-0.1, -0.05) is 76.3 Å². The minimum Gasteiger partial charge on any atom is -0.467 e. The molecule has 2 rings (SSSR count). The van der Waals surface area contributed by atoms with Gasteiger partial charge in [0, 0.05) is 6.42 Å². The van der Waals surface area contributed by atoms with E-state index >= 15 is 0 Å². The third kappa shape index (κ3) is 12.5. The molecule has 10 nitrogen and oxygen atoms in total. The van der Waals surface area contributed by atoms with E-state index in [0.29, 0.717) is 12.8 Å². The molecular formula is C31H49N3O7. The van der Waals surface area contributed by atoms with Gasteiger partial charge in [-0.05, 0) is 51.0 Å². The topological polar surface area (TPSA) is 143 Å². The Labute approximate surface area is 244 Å². The quantitative estimate of drug-likeness (QED) is 0.263. The number of ether oxygens (including phenoxy) is 2. The standard InChI is InChI=1S/C31H49N3O7/c1-20(2)17-24(27(36)32-23(26(35)29(38)40-6)18-21-13-9-7-10-14-21)33-28(37)25(19-22-15-11-8-12-16-22)34-30(39)41-31(3,4)5/h8,11-12,15-16,20-21,23-26,35H,7,9-10,13-14,17-19H2,1-6H3,(H,32,36)(H,33,37)(H,34,39)/t23?,24-,25-,26?/m0/s1. The molecule has 1 aromatic carbocycles. The minimum absolute atomic E-state index is 0.0414. The zero-order valence-electron chi connectivity index (χ0n) is 25.4. The predicted molar refractivity (Wildman–Crippen MR) is 156 cm³/mol. The van der Waals surface area contributed by atoms with Crippen molar-refractivity contribution in [3.05, 3.63) is 35.9 Å².